The molecule has 0 spiro atoms. The maximum absolute atomic E-state index is 5.60. The van der Waals surface area contributed by atoms with Crippen LogP contribution in [0.5, 0.6) is 0 Å². The Kier molecular flexibility index (Phi) is 4.38. The van der Waals surface area contributed by atoms with E-state index in [9.17, 15) is 0 Å². The van der Waals surface area contributed by atoms with Crippen molar-refractivity contribution in [2.24, 2.45) is 5.73 Å². The molecule has 1 heterocycles. The fraction of sp³-hybridized carbons (Fsp3) is 0.438. The number of imidazole rings is 1. The zero-order chi connectivity index (χ0) is 13.8. The minimum Gasteiger partial charge on any atom is -0.333 e. The maximum atomic E-state index is 5.60. The van der Waals surface area contributed by atoms with Crippen molar-refractivity contribution in [3.05, 3.63) is 41.9 Å². The number of aryl methyl sites for hydroxylation is 1. The molecule has 0 bridgehead atoms. The molecule has 2 rings (SSSR count). The van der Waals surface area contributed by atoms with Gasteiger partial charge in [0.2, 0.25) is 0 Å². The number of benzene rings is 1. The largest absolute Gasteiger partial charge is 0.333 e. The SMILES string of the molecule is CCC(C)c1ccc(-c2cn(CCN)c(C)n2)cc1. The van der Waals surface area contributed by atoms with Crippen LogP contribution in [0.2, 0.25) is 0 Å². The van der Waals surface area contributed by atoms with Crippen LogP contribution in [0.4, 0.5) is 0 Å². The first kappa shape index (κ1) is 13.8. The molecule has 2 aromatic rings. The summed E-state index contributed by atoms with van der Waals surface area (Å²) in [5.74, 6) is 1.64. The van der Waals surface area contributed by atoms with Crippen LogP contribution in [0.25, 0.3) is 11.3 Å². The molecule has 1 aromatic carbocycles. The topological polar surface area (TPSA) is 43.8 Å². The summed E-state index contributed by atoms with van der Waals surface area (Å²) in [7, 11) is 0. The summed E-state index contributed by atoms with van der Waals surface area (Å²) in [4.78, 5) is 4.60. The standard InChI is InChI=1S/C16H23N3/c1-4-12(2)14-5-7-15(8-6-14)16-11-19(10-9-17)13(3)18-16/h5-8,11-12H,4,9-10,17H2,1-3H3. The van der Waals surface area contributed by atoms with E-state index in [2.05, 4.69) is 53.9 Å². The molecule has 0 aliphatic rings. The first-order chi connectivity index (χ1) is 9.15. The second-order valence-electron chi connectivity index (χ2n) is 5.09. The fourth-order valence-electron chi connectivity index (χ4n) is 2.23. The Hall–Kier alpha value is -1.61. The molecule has 0 amide bonds. The average Bonchev–Trinajstić information content (AvgIpc) is 2.80. The second-order valence-corrected chi connectivity index (χ2v) is 5.09. The summed E-state index contributed by atoms with van der Waals surface area (Å²) in [5, 5.41) is 0. The van der Waals surface area contributed by atoms with Crippen molar-refractivity contribution in [1.29, 1.82) is 0 Å². The molecule has 102 valence electrons. The zero-order valence-electron chi connectivity index (χ0n) is 12.1. The summed E-state index contributed by atoms with van der Waals surface area (Å²) >= 11 is 0. The van der Waals surface area contributed by atoms with Crippen LogP contribution in [-0.2, 0) is 6.54 Å². The molecule has 0 fully saturated rings. The van der Waals surface area contributed by atoms with Crippen molar-refractivity contribution in [3.8, 4) is 11.3 Å². The molecule has 0 saturated carbocycles. The summed E-state index contributed by atoms with van der Waals surface area (Å²) in [6.07, 6.45) is 3.25. The summed E-state index contributed by atoms with van der Waals surface area (Å²) in [6, 6.07) is 8.74. The number of nitrogens with two attached hydrogens (primary N) is 1. The van der Waals surface area contributed by atoms with E-state index in [1.165, 1.54) is 17.5 Å². The van der Waals surface area contributed by atoms with Crippen LogP contribution in [0.1, 0.15) is 37.6 Å². The highest BCUT2D eigenvalue weighted by Gasteiger charge is 2.07. The van der Waals surface area contributed by atoms with Crippen LogP contribution in [-0.4, -0.2) is 16.1 Å². The van der Waals surface area contributed by atoms with Gasteiger partial charge in [-0.1, -0.05) is 38.1 Å². The molecule has 0 aliphatic heterocycles. The monoisotopic (exact) mass is 257 g/mol. The molecule has 0 aliphatic carbocycles. The van der Waals surface area contributed by atoms with E-state index in [1.807, 2.05) is 6.92 Å². The maximum Gasteiger partial charge on any atom is 0.106 e. The molecular weight excluding hydrogens is 234 g/mol. The lowest BCUT2D eigenvalue weighted by atomic mass is 9.97. The van der Waals surface area contributed by atoms with E-state index in [1.54, 1.807) is 0 Å². The Morgan fingerprint density at radius 1 is 1.26 bits per heavy atom. The van der Waals surface area contributed by atoms with E-state index in [0.29, 0.717) is 12.5 Å². The molecule has 1 aromatic heterocycles. The van der Waals surface area contributed by atoms with Crippen molar-refractivity contribution in [2.75, 3.05) is 6.54 Å². The third-order valence-electron chi connectivity index (χ3n) is 3.73. The summed E-state index contributed by atoms with van der Waals surface area (Å²) in [6.45, 7) is 7.96. The van der Waals surface area contributed by atoms with Crippen LogP contribution in [0.3, 0.4) is 0 Å². The van der Waals surface area contributed by atoms with Gasteiger partial charge in [-0.2, -0.15) is 0 Å². The Labute approximate surface area is 115 Å². The third-order valence-corrected chi connectivity index (χ3v) is 3.73. The Balaban J connectivity index is 2.24. The van der Waals surface area contributed by atoms with Gasteiger partial charge in [0.25, 0.3) is 0 Å². The van der Waals surface area contributed by atoms with Crippen molar-refractivity contribution in [3.63, 3.8) is 0 Å². The highest BCUT2D eigenvalue weighted by atomic mass is 15.1. The first-order valence-electron chi connectivity index (χ1n) is 6.99. The van der Waals surface area contributed by atoms with Gasteiger partial charge in [0.1, 0.15) is 5.82 Å². The minimum absolute atomic E-state index is 0.616. The van der Waals surface area contributed by atoms with Crippen LogP contribution < -0.4 is 5.73 Å². The molecular formula is C16H23N3. The van der Waals surface area contributed by atoms with Gasteiger partial charge in [-0.05, 0) is 24.8 Å². The Morgan fingerprint density at radius 3 is 2.53 bits per heavy atom. The third kappa shape index (κ3) is 3.04. The van der Waals surface area contributed by atoms with E-state index < -0.39 is 0 Å². The van der Waals surface area contributed by atoms with Gasteiger partial charge in [0, 0.05) is 24.8 Å². The lowest BCUT2D eigenvalue weighted by Crippen LogP contribution is -2.10. The summed E-state index contributed by atoms with van der Waals surface area (Å²) in [5.41, 5.74) is 9.19. The number of nitrogens with zero attached hydrogens (tertiary/aromatic N) is 2. The predicted octanol–water partition coefficient (Wildman–Crippen LogP) is 3.33. The number of hydrogen-bond donors (Lipinski definition) is 1. The smallest absolute Gasteiger partial charge is 0.106 e. The molecule has 19 heavy (non-hydrogen) atoms. The van der Waals surface area contributed by atoms with Gasteiger partial charge >= 0.3 is 0 Å². The normalized spacial score (nSPS) is 12.6. The van der Waals surface area contributed by atoms with Gasteiger partial charge in [-0.25, -0.2) is 4.98 Å². The molecule has 1 atom stereocenters. The lowest BCUT2D eigenvalue weighted by molar-refractivity contribution is 0.684. The van der Waals surface area contributed by atoms with Crippen molar-refractivity contribution in [2.45, 2.75) is 39.7 Å². The van der Waals surface area contributed by atoms with Gasteiger partial charge in [-0.3, -0.25) is 0 Å². The van der Waals surface area contributed by atoms with Crippen LogP contribution in [0.15, 0.2) is 30.5 Å². The van der Waals surface area contributed by atoms with E-state index in [0.717, 1.165) is 18.1 Å². The van der Waals surface area contributed by atoms with Crippen molar-refractivity contribution >= 4 is 0 Å². The lowest BCUT2D eigenvalue weighted by Gasteiger charge is -2.08. The molecule has 0 saturated heterocycles. The van der Waals surface area contributed by atoms with E-state index in [4.69, 9.17) is 5.73 Å². The van der Waals surface area contributed by atoms with Gasteiger partial charge in [0.15, 0.2) is 0 Å². The summed E-state index contributed by atoms with van der Waals surface area (Å²) < 4.78 is 2.11. The Bertz CT molecular complexity index is 525. The van der Waals surface area contributed by atoms with E-state index in [-0.39, 0.29) is 0 Å². The first-order valence-corrected chi connectivity index (χ1v) is 6.99. The fourth-order valence-corrected chi connectivity index (χ4v) is 2.23. The molecule has 0 radical (unpaired) electrons. The minimum atomic E-state index is 0.616. The average molecular weight is 257 g/mol. The number of rotatable bonds is 5. The van der Waals surface area contributed by atoms with Crippen molar-refractivity contribution < 1.29 is 0 Å². The highest BCUT2D eigenvalue weighted by molar-refractivity contribution is 5.59. The van der Waals surface area contributed by atoms with Crippen LogP contribution in [0, 0.1) is 6.92 Å². The molecule has 2 N–H and O–H groups in total. The number of aromatic nitrogens is 2. The Morgan fingerprint density at radius 2 is 1.95 bits per heavy atom. The quantitative estimate of drug-likeness (QED) is 0.893. The van der Waals surface area contributed by atoms with Gasteiger partial charge < -0.3 is 10.3 Å². The van der Waals surface area contributed by atoms with Gasteiger partial charge in [-0.15, -0.1) is 0 Å². The highest BCUT2D eigenvalue weighted by Crippen LogP contribution is 2.23. The number of hydrogen-bond acceptors (Lipinski definition) is 2. The van der Waals surface area contributed by atoms with Crippen molar-refractivity contribution in [1.82, 2.24) is 9.55 Å². The van der Waals surface area contributed by atoms with E-state index >= 15 is 0 Å². The predicted molar refractivity (Wildman–Crippen MR) is 80.2 cm³/mol. The zero-order valence-corrected chi connectivity index (χ0v) is 12.1. The van der Waals surface area contributed by atoms with Crippen LogP contribution >= 0.6 is 0 Å². The molecule has 1 unspecified atom stereocenters. The molecule has 3 nitrogen and oxygen atoms in total. The second kappa shape index (κ2) is 6.02. The molecule has 3 heteroatoms. The van der Waals surface area contributed by atoms with Gasteiger partial charge in [0.05, 0.1) is 5.69 Å².